The minimum Gasteiger partial charge on any atom is -0.468 e. The van der Waals surface area contributed by atoms with Gasteiger partial charge in [-0.15, -0.1) is 0 Å². The Morgan fingerprint density at radius 2 is 1.64 bits per heavy atom. The van der Waals surface area contributed by atoms with E-state index < -0.39 is 5.97 Å². The van der Waals surface area contributed by atoms with Gasteiger partial charge in [-0.3, -0.25) is 9.69 Å². The monoisotopic (exact) mass is 387 g/mol. The van der Waals surface area contributed by atoms with Gasteiger partial charge in [-0.1, -0.05) is 30.7 Å². The third-order valence-electron chi connectivity index (χ3n) is 5.92. The quantitative estimate of drug-likeness (QED) is 0.763. The van der Waals surface area contributed by atoms with Crippen LogP contribution in [0.25, 0.3) is 0 Å². The van der Waals surface area contributed by atoms with Gasteiger partial charge in [0.2, 0.25) is 0 Å². The van der Waals surface area contributed by atoms with Gasteiger partial charge in [-0.2, -0.15) is 0 Å². The highest BCUT2D eigenvalue weighted by Gasteiger charge is 2.23. The van der Waals surface area contributed by atoms with E-state index in [-0.39, 0.29) is 12.6 Å². The van der Waals surface area contributed by atoms with Crippen molar-refractivity contribution < 1.29 is 14.3 Å². The van der Waals surface area contributed by atoms with Gasteiger partial charge in [0.1, 0.15) is 6.54 Å². The number of amides is 2. The summed E-state index contributed by atoms with van der Waals surface area (Å²) < 4.78 is 4.55. The van der Waals surface area contributed by atoms with Crippen LogP contribution in [0, 0.1) is 5.92 Å². The fourth-order valence-electron chi connectivity index (χ4n) is 4.16. The van der Waals surface area contributed by atoms with E-state index in [9.17, 15) is 9.59 Å². The first kappa shape index (κ1) is 20.6. The number of carbonyl (C=O) groups is 2. The molecule has 0 radical (unpaired) electrons. The molecule has 6 nitrogen and oxygen atoms in total. The lowest BCUT2D eigenvalue weighted by molar-refractivity contribution is -0.139. The lowest BCUT2D eigenvalue weighted by atomic mass is 9.90. The maximum absolute atomic E-state index is 12.1. The van der Waals surface area contributed by atoms with Gasteiger partial charge in [0, 0.05) is 19.6 Å². The summed E-state index contributed by atoms with van der Waals surface area (Å²) in [6.07, 6.45) is 7.11. The Hall–Kier alpha value is -2.08. The molecule has 1 aromatic rings. The molecule has 28 heavy (non-hydrogen) atoms. The smallest absolute Gasteiger partial charge is 0.325 e. The van der Waals surface area contributed by atoms with Crippen LogP contribution in [-0.4, -0.2) is 61.6 Å². The van der Waals surface area contributed by atoms with Crippen LogP contribution in [0.3, 0.4) is 0 Å². The lowest BCUT2D eigenvalue weighted by Crippen LogP contribution is -2.46. The number of piperidine rings is 2. The SMILES string of the molecule is COC(=O)CNC(=O)N1CCC(Cc2ccc(CN3CCCCC3)cc2)CC1. The maximum atomic E-state index is 12.1. The third kappa shape index (κ3) is 6.23. The molecule has 2 saturated heterocycles. The molecule has 1 N–H and O–H groups in total. The number of benzene rings is 1. The molecular weight excluding hydrogens is 354 g/mol. The second-order valence-electron chi connectivity index (χ2n) is 8.02. The number of nitrogens with zero attached hydrogens (tertiary/aromatic N) is 2. The Balaban J connectivity index is 1.39. The van der Waals surface area contributed by atoms with Crippen LogP contribution in [0.15, 0.2) is 24.3 Å². The molecule has 0 saturated carbocycles. The molecule has 2 aliphatic rings. The number of likely N-dealkylation sites (tertiary alicyclic amines) is 2. The molecule has 0 atom stereocenters. The Labute approximate surface area is 168 Å². The van der Waals surface area contributed by atoms with Crippen molar-refractivity contribution in [3.8, 4) is 0 Å². The molecule has 0 aliphatic carbocycles. The van der Waals surface area contributed by atoms with Gasteiger partial charge in [0.15, 0.2) is 0 Å². The minimum atomic E-state index is -0.424. The van der Waals surface area contributed by atoms with Crippen molar-refractivity contribution in [2.45, 2.75) is 45.1 Å². The first-order valence-corrected chi connectivity index (χ1v) is 10.5. The van der Waals surface area contributed by atoms with Crippen molar-refractivity contribution in [3.05, 3.63) is 35.4 Å². The molecule has 1 aromatic carbocycles. The van der Waals surface area contributed by atoms with Crippen molar-refractivity contribution in [1.29, 1.82) is 0 Å². The largest absolute Gasteiger partial charge is 0.468 e. The zero-order valence-electron chi connectivity index (χ0n) is 17.0. The van der Waals surface area contributed by atoms with Crippen LogP contribution < -0.4 is 5.32 Å². The lowest BCUT2D eigenvalue weighted by Gasteiger charge is -2.32. The number of methoxy groups -OCH3 is 1. The van der Waals surface area contributed by atoms with Crippen LogP contribution in [0.4, 0.5) is 4.79 Å². The topological polar surface area (TPSA) is 61.9 Å². The second-order valence-corrected chi connectivity index (χ2v) is 8.02. The Morgan fingerprint density at radius 3 is 2.29 bits per heavy atom. The molecule has 2 amide bonds. The molecule has 0 bridgehead atoms. The van der Waals surface area contributed by atoms with E-state index in [1.807, 2.05) is 0 Å². The molecule has 0 unspecified atom stereocenters. The van der Waals surface area contributed by atoms with Crippen molar-refractivity contribution >= 4 is 12.0 Å². The fraction of sp³-hybridized carbons (Fsp3) is 0.636. The van der Waals surface area contributed by atoms with Gasteiger partial charge in [-0.25, -0.2) is 4.79 Å². The van der Waals surface area contributed by atoms with Crippen LogP contribution in [0.1, 0.15) is 43.2 Å². The summed E-state index contributed by atoms with van der Waals surface area (Å²) >= 11 is 0. The standard InChI is InChI=1S/C22H33N3O3/c1-28-21(26)16-23-22(27)25-13-9-19(10-14-25)15-18-5-7-20(8-6-18)17-24-11-3-2-4-12-24/h5-8,19H,2-4,9-17H2,1H3,(H,23,27). The summed E-state index contributed by atoms with van der Waals surface area (Å²) in [6.45, 7) is 4.94. The predicted molar refractivity (Wildman–Crippen MR) is 109 cm³/mol. The summed E-state index contributed by atoms with van der Waals surface area (Å²) in [5.74, 6) is 0.185. The molecule has 0 spiro atoms. The van der Waals surface area contributed by atoms with E-state index >= 15 is 0 Å². The van der Waals surface area contributed by atoms with Gasteiger partial charge in [-0.05, 0) is 62.2 Å². The summed E-state index contributed by atoms with van der Waals surface area (Å²) in [7, 11) is 1.32. The van der Waals surface area contributed by atoms with Crippen LogP contribution in [-0.2, 0) is 22.5 Å². The third-order valence-corrected chi connectivity index (χ3v) is 5.92. The molecule has 2 heterocycles. The van der Waals surface area contributed by atoms with Gasteiger partial charge >= 0.3 is 12.0 Å². The van der Waals surface area contributed by atoms with Crippen molar-refractivity contribution in [2.75, 3.05) is 39.8 Å². The summed E-state index contributed by atoms with van der Waals surface area (Å²) in [5, 5.41) is 2.62. The highest BCUT2D eigenvalue weighted by atomic mass is 16.5. The summed E-state index contributed by atoms with van der Waals surface area (Å²) in [6, 6.07) is 8.92. The molecule has 2 aliphatic heterocycles. The number of hydrogen-bond donors (Lipinski definition) is 1. The normalized spacial score (nSPS) is 18.7. The number of esters is 1. The van der Waals surface area contributed by atoms with E-state index in [2.05, 4.69) is 39.2 Å². The Morgan fingerprint density at radius 1 is 1.00 bits per heavy atom. The van der Waals surface area contributed by atoms with E-state index in [4.69, 9.17) is 0 Å². The number of nitrogens with one attached hydrogen (secondary N) is 1. The molecule has 0 aromatic heterocycles. The highest BCUT2D eigenvalue weighted by molar-refractivity contribution is 5.80. The number of hydrogen-bond acceptors (Lipinski definition) is 4. The van der Waals surface area contributed by atoms with Gasteiger partial charge < -0.3 is 15.0 Å². The summed E-state index contributed by atoms with van der Waals surface area (Å²) in [4.78, 5) is 27.6. The number of urea groups is 1. The van der Waals surface area contributed by atoms with E-state index in [0.29, 0.717) is 5.92 Å². The molecule has 6 heteroatoms. The Kier molecular flexibility index (Phi) is 7.71. The van der Waals surface area contributed by atoms with E-state index in [1.54, 1.807) is 4.90 Å². The van der Waals surface area contributed by atoms with Gasteiger partial charge in [0.25, 0.3) is 0 Å². The first-order chi connectivity index (χ1) is 13.6. The number of ether oxygens (including phenoxy) is 1. The van der Waals surface area contributed by atoms with E-state index in [1.165, 1.54) is 50.6 Å². The number of rotatable bonds is 6. The summed E-state index contributed by atoms with van der Waals surface area (Å²) in [5.41, 5.74) is 2.79. The van der Waals surface area contributed by atoms with E-state index in [0.717, 1.165) is 38.9 Å². The van der Waals surface area contributed by atoms with Gasteiger partial charge in [0.05, 0.1) is 7.11 Å². The van der Waals surface area contributed by atoms with Crippen LogP contribution in [0.2, 0.25) is 0 Å². The average molecular weight is 388 g/mol. The first-order valence-electron chi connectivity index (χ1n) is 10.5. The molecule has 154 valence electrons. The molecule has 2 fully saturated rings. The fourth-order valence-corrected chi connectivity index (χ4v) is 4.16. The van der Waals surface area contributed by atoms with Crippen molar-refractivity contribution in [3.63, 3.8) is 0 Å². The zero-order valence-corrected chi connectivity index (χ0v) is 17.0. The predicted octanol–water partition coefficient (Wildman–Crippen LogP) is 2.81. The van der Waals surface area contributed by atoms with Crippen molar-refractivity contribution in [1.82, 2.24) is 15.1 Å². The molecular formula is C22H33N3O3. The average Bonchev–Trinajstić information content (AvgIpc) is 2.74. The Bertz CT molecular complexity index is 633. The molecule has 3 rings (SSSR count). The highest BCUT2D eigenvalue weighted by Crippen LogP contribution is 2.22. The number of carbonyl (C=O) groups excluding carboxylic acids is 2. The van der Waals surface area contributed by atoms with Crippen LogP contribution >= 0.6 is 0 Å². The minimum absolute atomic E-state index is 0.0704. The maximum Gasteiger partial charge on any atom is 0.325 e. The van der Waals surface area contributed by atoms with Crippen LogP contribution in [0.5, 0.6) is 0 Å². The van der Waals surface area contributed by atoms with Crippen molar-refractivity contribution in [2.24, 2.45) is 5.92 Å². The second kappa shape index (κ2) is 10.5. The zero-order chi connectivity index (χ0) is 19.8.